The van der Waals surface area contributed by atoms with Crippen LogP contribution in [-0.4, -0.2) is 48.6 Å². The van der Waals surface area contributed by atoms with Crippen LogP contribution in [0.3, 0.4) is 0 Å². The van der Waals surface area contributed by atoms with E-state index in [1.54, 1.807) is 0 Å². The molecule has 1 saturated heterocycles. The van der Waals surface area contributed by atoms with E-state index in [1.807, 2.05) is 0 Å². The summed E-state index contributed by atoms with van der Waals surface area (Å²) in [5, 5.41) is 6.81. The predicted molar refractivity (Wildman–Crippen MR) is 94.3 cm³/mol. The van der Waals surface area contributed by atoms with Crippen molar-refractivity contribution in [3.8, 4) is 0 Å². The van der Waals surface area contributed by atoms with Crippen molar-refractivity contribution in [1.82, 2.24) is 15.5 Å². The Bertz CT molecular complexity index is 450. The zero-order valence-corrected chi connectivity index (χ0v) is 15.5. The molecule has 0 spiro atoms. The Labute approximate surface area is 141 Å². The van der Waals surface area contributed by atoms with Crippen LogP contribution in [0.15, 0.2) is 0 Å². The van der Waals surface area contributed by atoms with Crippen LogP contribution in [0.1, 0.15) is 59.8 Å². The van der Waals surface area contributed by atoms with Gasteiger partial charge in [-0.15, -0.1) is 0 Å². The highest BCUT2D eigenvalue weighted by Gasteiger charge is 2.60. The lowest BCUT2D eigenvalue weighted by Gasteiger charge is -2.48. The van der Waals surface area contributed by atoms with Crippen molar-refractivity contribution in [3.05, 3.63) is 0 Å². The van der Waals surface area contributed by atoms with E-state index in [0.29, 0.717) is 18.5 Å². The van der Waals surface area contributed by atoms with Crippen LogP contribution >= 0.6 is 0 Å². The molecule has 0 aromatic heterocycles. The third-order valence-electron chi connectivity index (χ3n) is 7.58. The van der Waals surface area contributed by atoms with Crippen LogP contribution in [0, 0.1) is 17.3 Å². The van der Waals surface area contributed by atoms with Crippen LogP contribution in [0.2, 0.25) is 0 Å². The van der Waals surface area contributed by atoms with Crippen molar-refractivity contribution in [2.75, 3.05) is 26.2 Å². The minimum absolute atomic E-state index is 0.0303. The van der Waals surface area contributed by atoms with Gasteiger partial charge in [-0.1, -0.05) is 20.8 Å². The molecule has 23 heavy (non-hydrogen) atoms. The fraction of sp³-hybridized carbons (Fsp3) is 0.947. The minimum atomic E-state index is -0.0303. The predicted octanol–water partition coefficient (Wildman–Crippen LogP) is 2.39. The van der Waals surface area contributed by atoms with Crippen LogP contribution in [0.25, 0.3) is 0 Å². The molecule has 0 radical (unpaired) electrons. The molecule has 3 rings (SSSR count). The zero-order chi connectivity index (χ0) is 16.7. The Balaban J connectivity index is 1.48. The normalized spacial score (nSPS) is 39.0. The number of fused-ring (bicyclic) bond motifs is 2. The molecule has 3 aliphatic rings. The molecule has 1 aliphatic heterocycles. The standard InChI is InChI=1S/C19H35N3O/c1-5-22-10-6-7-16(22)12-20-13-17(23)21-19(4)15-9-8-14(11-15)18(19,2)3/h14-16,20H,5-13H2,1-4H3,(H,21,23). The second-order valence-electron chi connectivity index (χ2n) is 8.73. The highest BCUT2D eigenvalue weighted by Crippen LogP contribution is 2.61. The second kappa shape index (κ2) is 6.36. The summed E-state index contributed by atoms with van der Waals surface area (Å²) in [6, 6.07) is 0.613. The third-order valence-corrected chi connectivity index (χ3v) is 7.58. The lowest BCUT2D eigenvalue weighted by molar-refractivity contribution is -0.124. The van der Waals surface area contributed by atoms with Gasteiger partial charge in [-0.25, -0.2) is 0 Å². The Hall–Kier alpha value is -0.610. The van der Waals surface area contributed by atoms with Crippen LogP contribution in [-0.2, 0) is 4.79 Å². The molecular formula is C19H35N3O. The van der Waals surface area contributed by atoms with Crippen LogP contribution in [0.5, 0.6) is 0 Å². The van der Waals surface area contributed by atoms with E-state index < -0.39 is 0 Å². The smallest absolute Gasteiger partial charge is 0.234 e. The van der Waals surface area contributed by atoms with Gasteiger partial charge in [-0.3, -0.25) is 9.69 Å². The van der Waals surface area contributed by atoms with E-state index in [4.69, 9.17) is 0 Å². The Morgan fingerprint density at radius 2 is 1.91 bits per heavy atom. The molecule has 3 fully saturated rings. The molecule has 2 saturated carbocycles. The van der Waals surface area contributed by atoms with Crippen molar-refractivity contribution >= 4 is 5.91 Å². The molecule has 1 heterocycles. The molecule has 4 heteroatoms. The van der Waals surface area contributed by atoms with Crippen LogP contribution < -0.4 is 10.6 Å². The lowest BCUT2D eigenvalue weighted by atomic mass is 9.64. The molecule has 4 atom stereocenters. The Morgan fingerprint density at radius 3 is 2.57 bits per heavy atom. The number of amides is 1. The molecule has 132 valence electrons. The van der Waals surface area contributed by atoms with Crippen molar-refractivity contribution in [2.45, 2.75) is 71.4 Å². The van der Waals surface area contributed by atoms with E-state index in [-0.39, 0.29) is 16.9 Å². The first kappa shape index (κ1) is 17.2. The SMILES string of the molecule is CCN1CCCC1CNCC(=O)NC1(C)C2CCC(C2)C1(C)C. The average molecular weight is 322 g/mol. The second-order valence-corrected chi connectivity index (χ2v) is 8.73. The summed E-state index contributed by atoms with van der Waals surface area (Å²) in [5.41, 5.74) is 0.188. The molecule has 4 nitrogen and oxygen atoms in total. The maximum Gasteiger partial charge on any atom is 0.234 e. The maximum absolute atomic E-state index is 12.5. The molecule has 0 aromatic rings. The molecule has 1 amide bonds. The van der Waals surface area contributed by atoms with Crippen LogP contribution in [0.4, 0.5) is 0 Å². The van der Waals surface area contributed by atoms with Gasteiger partial charge < -0.3 is 10.6 Å². The number of carbonyl (C=O) groups excluding carboxylic acids is 1. The van der Waals surface area contributed by atoms with Gasteiger partial charge in [0.1, 0.15) is 0 Å². The number of rotatable bonds is 6. The number of likely N-dealkylation sites (N-methyl/N-ethyl adjacent to an activating group) is 1. The van der Waals surface area contributed by atoms with Crippen molar-refractivity contribution in [3.63, 3.8) is 0 Å². The number of nitrogens with zero attached hydrogens (tertiary/aromatic N) is 1. The van der Waals surface area contributed by atoms with E-state index in [1.165, 1.54) is 38.6 Å². The molecule has 4 unspecified atom stereocenters. The summed E-state index contributed by atoms with van der Waals surface area (Å²) in [5.74, 6) is 1.62. The summed E-state index contributed by atoms with van der Waals surface area (Å²) in [6.45, 7) is 12.9. The third kappa shape index (κ3) is 2.93. The van der Waals surface area contributed by atoms with Gasteiger partial charge in [-0.05, 0) is 69.4 Å². The monoisotopic (exact) mass is 321 g/mol. The molecule has 2 aliphatic carbocycles. The zero-order valence-electron chi connectivity index (χ0n) is 15.5. The fourth-order valence-electron chi connectivity index (χ4n) is 5.60. The Morgan fingerprint density at radius 1 is 1.17 bits per heavy atom. The summed E-state index contributed by atoms with van der Waals surface area (Å²) in [7, 11) is 0. The number of likely N-dealkylation sites (tertiary alicyclic amines) is 1. The number of nitrogens with one attached hydrogen (secondary N) is 2. The number of carbonyl (C=O) groups is 1. The van der Waals surface area contributed by atoms with Gasteiger partial charge in [0.2, 0.25) is 5.91 Å². The van der Waals surface area contributed by atoms with E-state index in [9.17, 15) is 4.79 Å². The molecular weight excluding hydrogens is 286 g/mol. The first-order valence-electron chi connectivity index (χ1n) is 9.64. The fourth-order valence-corrected chi connectivity index (χ4v) is 5.60. The van der Waals surface area contributed by atoms with Gasteiger partial charge in [0.25, 0.3) is 0 Å². The Kier molecular flexibility index (Phi) is 4.76. The molecule has 2 N–H and O–H groups in total. The largest absolute Gasteiger partial charge is 0.349 e. The van der Waals surface area contributed by atoms with Crippen molar-refractivity contribution in [2.24, 2.45) is 17.3 Å². The summed E-state index contributed by atoms with van der Waals surface area (Å²) >= 11 is 0. The maximum atomic E-state index is 12.5. The van der Waals surface area contributed by atoms with E-state index in [0.717, 1.165) is 19.0 Å². The summed E-state index contributed by atoms with van der Waals surface area (Å²) in [6.07, 6.45) is 6.48. The summed E-state index contributed by atoms with van der Waals surface area (Å²) < 4.78 is 0. The highest BCUT2D eigenvalue weighted by molar-refractivity contribution is 5.79. The van der Waals surface area contributed by atoms with Crippen molar-refractivity contribution < 1.29 is 4.79 Å². The van der Waals surface area contributed by atoms with E-state index >= 15 is 0 Å². The number of hydrogen-bond donors (Lipinski definition) is 2. The van der Waals surface area contributed by atoms with Gasteiger partial charge in [0.15, 0.2) is 0 Å². The van der Waals surface area contributed by atoms with Gasteiger partial charge in [0.05, 0.1) is 6.54 Å². The topological polar surface area (TPSA) is 44.4 Å². The quantitative estimate of drug-likeness (QED) is 0.789. The highest BCUT2D eigenvalue weighted by atomic mass is 16.2. The minimum Gasteiger partial charge on any atom is -0.349 e. The molecule has 2 bridgehead atoms. The first-order valence-corrected chi connectivity index (χ1v) is 9.64. The van der Waals surface area contributed by atoms with E-state index in [2.05, 4.69) is 43.2 Å². The van der Waals surface area contributed by atoms with Gasteiger partial charge in [0, 0.05) is 18.1 Å². The van der Waals surface area contributed by atoms with Gasteiger partial charge in [-0.2, -0.15) is 0 Å². The average Bonchev–Trinajstić information content (AvgIpc) is 3.18. The molecule has 0 aromatic carbocycles. The van der Waals surface area contributed by atoms with Gasteiger partial charge >= 0.3 is 0 Å². The van der Waals surface area contributed by atoms with Crippen molar-refractivity contribution in [1.29, 1.82) is 0 Å². The lowest BCUT2D eigenvalue weighted by Crippen LogP contribution is -2.60. The first-order chi connectivity index (χ1) is 10.9. The number of hydrogen-bond acceptors (Lipinski definition) is 3. The summed E-state index contributed by atoms with van der Waals surface area (Å²) in [4.78, 5) is 15.0.